The Morgan fingerprint density at radius 1 is 1.09 bits per heavy atom. The van der Waals surface area contributed by atoms with Gasteiger partial charge in [-0.15, -0.1) is 0 Å². The van der Waals surface area contributed by atoms with Crippen molar-refractivity contribution in [1.82, 2.24) is 15.0 Å². The average Bonchev–Trinajstić information content (AvgIpc) is 3.33. The van der Waals surface area contributed by atoms with Gasteiger partial charge in [0.2, 0.25) is 17.7 Å². The summed E-state index contributed by atoms with van der Waals surface area (Å²) < 4.78 is 58.7. The third-order valence-corrected chi connectivity index (χ3v) is 4.91. The smallest absolute Gasteiger partial charge is 0.421 e. The predicted octanol–water partition coefficient (Wildman–Crippen LogP) is 4.61. The number of aromatic nitrogens is 3. The number of hydrogen-bond acceptors (Lipinski definition) is 7. The first-order chi connectivity index (χ1) is 16.7. The van der Waals surface area contributed by atoms with Crippen molar-refractivity contribution in [3.63, 3.8) is 0 Å². The number of alkyl halides is 3. The van der Waals surface area contributed by atoms with E-state index in [1.807, 2.05) is 6.08 Å². The molecule has 0 bridgehead atoms. The molecule has 4 rings (SSSR count). The van der Waals surface area contributed by atoms with Crippen LogP contribution in [0.15, 0.2) is 59.7 Å². The van der Waals surface area contributed by atoms with Crippen LogP contribution in [0.1, 0.15) is 17.5 Å². The maximum atomic E-state index is 14.7. The van der Waals surface area contributed by atoms with E-state index in [9.17, 15) is 22.4 Å². The lowest BCUT2D eigenvalue weighted by atomic mass is 10.0. The maximum Gasteiger partial charge on any atom is 0.421 e. The number of carbonyl (C=O) groups is 1. The van der Waals surface area contributed by atoms with Crippen LogP contribution in [0.3, 0.4) is 0 Å². The molecule has 0 unspecified atom stereocenters. The summed E-state index contributed by atoms with van der Waals surface area (Å²) in [5, 5.41) is 5.25. The zero-order chi connectivity index (χ0) is 25.0. The minimum absolute atomic E-state index is 0.0639. The summed E-state index contributed by atoms with van der Waals surface area (Å²) in [7, 11) is 1.06. The van der Waals surface area contributed by atoms with Gasteiger partial charge in [0.25, 0.3) is 0 Å². The highest BCUT2D eigenvalue weighted by molar-refractivity contribution is 5.92. The van der Waals surface area contributed by atoms with Crippen LogP contribution in [-0.4, -0.2) is 34.2 Å². The Bertz CT molecular complexity index is 1310. The van der Waals surface area contributed by atoms with Crippen molar-refractivity contribution >= 4 is 23.8 Å². The molecule has 0 aliphatic carbocycles. The number of ether oxygens (including phenoxy) is 1. The number of allylic oxidation sites excluding steroid dienone is 1. The van der Waals surface area contributed by atoms with Gasteiger partial charge in [0.15, 0.2) is 0 Å². The predicted molar refractivity (Wildman–Crippen MR) is 120 cm³/mol. The lowest BCUT2D eigenvalue weighted by molar-refractivity contribution is -0.139. The monoisotopic (exact) mass is 486 g/mol. The van der Waals surface area contributed by atoms with E-state index in [-0.39, 0.29) is 11.3 Å². The van der Waals surface area contributed by atoms with Crippen LogP contribution in [0.5, 0.6) is 5.88 Å². The van der Waals surface area contributed by atoms with Crippen molar-refractivity contribution in [1.29, 1.82) is 0 Å². The Morgan fingerprint density at radius 3 is 2.49 bits per heavy atom. The van der Waals surface area contributed by atoms with Crippen LogP contribution in [-0.2, 0) is 17.4 Å². The quantitative estimate of drug-likeness (QED) is 0.473. The van der Waals surface area contributed by atoms with Crippen LogP contribution >= 0.6 is 0 Å². The van der Waals surface area contributed by atoms with E-state index in [1.165, 1.54) is 24.5 Å². The highest BCUT2D eigenvalue weighted by Gasteiger charge is 2.35. The molecule has 0 radical (unpaired) electrons. The van der Waals surface area contributed by atoms with Crippen LogP contribution in [0.2, 0.25) is 0 Å². The molecule has 12 heteroatoms. The Morgan fingerprint density at radius 2 is 1.86 bits per heavy atom. The fourth-order valence-electron chi connectivity index (χ4n) is 3.24. The second-order valence-electron chi connectivity index (χ2n) is 7.37. The molecule has 180 valence electrons. The van der Waals surface area contributed by atoms with E-state index in [0.717, 1.165) is 19.7 Å². The van der Waals surface area contributed by atoms with Gasteiger partial charge in [0, 0.05) is 30.6 Å². The SMILES string of the molecule is COc1ncc(NC(=O)Cc2ccc(-c3cnc(NC4=CCC=N4)nc3)cc2F)cc1C(F)(F)F. The number of anilines is 2. The molecular weight excluding hydrogens is 468 g/mol. The number of nitrogens with one attached hydrogen (secondary N) is 2. The van der Waals surface area contributed by atoms with Crippen molar-refractivity contribution in [2.75, 3.05) is 17.7 Å². The number of aliphatic imine (C=N–C) groups is 1. The molecule has 2 aromatic heterocycles. The molecule has 0 atom stereocenters. The summed E-state index contributed by atoms with van der Waals surface area (Å²) in [5.41, 5.74) is -0.215. The summed E-state index contributed by atoms with van der Waals surface area (Å²) in [6, 6.07) is 4.95. The Kier molecular flexibility index (Phi) is 6.71. The van der Waals surface area contributed by atoms with Gasteiger partial charge in [-0.2, -0.15) is 13.2 Å². The minimum Gasteiger partial charge on any atom is -0.481 e. The zero-order valence-electron chi connectivity index (χ0n) is 18.2. The van der Waals surface area contributed by atoms with E-state index in [1.54, 1.807) is 12.3 Å². The van der Waals surface area contributed by atoms with Gasteiger partial charge in [-0.05, 0) is 29.3 Å². The highest BCUT2D eigenvalue weighted by Crippen LogP contribution is 2.36. The van der Waals surface area contributed by atoms with Crippen LogP contribution in [0.25, 0.3) is 11.1 Å². The van der Waals surface area contributed by atoms with Gasteiger partial charge in [-0.3, -0.25) is 4.79 Å². The molecule has 1 aromatic carbocycles. The third kappa shape index (κ3) is 5.78. The molecule has 0 fully saturated rings. The average molecular weight is 486 g/mol. The summed E-state index contributed by atoms with van der Waals surface area (Å²) in [6.07, 6.45) is 3.30. The Balaban J connectivity index is 1.43. The first-order valence-electron chi connectivity index (χ1n) is 10.2. The van der Waals surface area contributed by atoms with Gasteiger partial charge < -0.3 is 15.4 Å². The molecule has 0 spiro atoms. The van der Waals surface area contributed by atoms with Crippen molar-refractivity contribution in [2.45, 2.75) is 19.0 Å². The molecule has 3 aromatic rings. The molecule has 1 aliphatic heterocycles. The van der Waals surface area contributed by atoms with Crippen LogP contribution in [0.4, 0.5) is 29.2 Å². The number of carbonyl (C=O) groups excluding carboxylic acids is 1. The molecule has 2 N–H and O–H groups in total. The van der Waals surface area contributed by atoms with Crippen LogP contribution < -0.4 is 15.4 Å². The number of methoxy groups -OCH3 is 1. The number of pyridine rings is 1. The van der Waals surface area contributed by atoms with Crippen molar-refractivity contribution in [3.05, 3.63) is 71.7 Å². The number of rotatable bonds is 7. The minimum atomic E-state index is -4.72. The van der Waals surface area contributed by atoms with E-state index >= 15 is 0 Å². The summed E-state index contributed by atoms with van der Waals surface area (Å²) >= 11 is 0. The first-order valence-corrected chi connectivity index (χ1v) is 10.2. The summed E-state index contributed by atoms with van der Waals surface area (Å²) in [4.78, 5) is 28.4. The maximum absolute atomic E-state index is 14.7. The number of nitrogens with zero attached hydrogens (tertiary/aromatic N) is 4. The summed E-state index contributed by atoms with van der Waals surface area (Å²) in [6.45, 7) is 0. The molecule has 3 heterocycles. The fraction of sp³-hybridized carbons (Fsp3) is 0.174. The number of amides is 1. The molecule has 0 saturated carbocycles. The molecule has 1 aliphatic rings. The third-order valence-electron chi connectivity index (χ3n) is 4.91. The lowest BCUT2D eigenvalue weighted by Gasteiger charge is -2.13. The topological polar surface area (TPSA) is 101 Å². The molecule has 35 heavy (non-hydrogen) atoms. The second kappa shape index (κ2) is 9.87. The first kappa shape index (κ1) is 23.8. The van der Waals surface area contributed by atoms with Crippen molar-refractivity contribution in [3.8, 4) is 17.0 Å². The van der Waals surface area contributed by atoms with E-state index in [4.69, 9.17) is 0 Å². The van der Waals surface area contributed by atoms with Gasteiger partial charge in [-0.25, -0.2) is 24.3 Å². The van der Waals surface area contributed by atoms with Gasteiger partial charge in [-0.1, -0.05) is 12.1 Å². The van der Waals surface area contributed by atoms with E-state index < -0.39 is 35.8 Å². The Hall–Kier alpha value is -4.35. The molecule has 1 amide bonds. The van der Waals surface area contributed by atoms with E-state index in [0.29, 0.717) is 29.0 Å². The molecular formula is C23H18F4N6O2. The normalized spacial score (nSPS) is 12.9. The number of halogens is 4. The van der Waals surface area contributed by atoms with Crippen molar-refractivity contribution in [2.24, 2.45) is 4.99 Å². The summed E-state index contributed by atoms with van der Waals surface area (Å²) in [5.74, 6) is -0.997. The van der Waals surface area contributed by atoms with Crippen LogP contribution in [0, 0.1) is 5.82 Å². The Labute approximate surface area is 196 Å². The largest absolute Gasteiger partial charge is 0.481 e. The molecule has 8 nitrogen and oxygen atoms in total. The number of hydrogen-bond donors (Lipinski definition) is 2. The zero-order valence-corrected chi connectivity index (χ0v) is 18.2. The van der Waals surface area contributed by atoms with Gasteiger partial charge in [0.05, 0.1) is 25.4 Å². The second-order valence-corrected chi connectivity index (χ2v) is 7.37. The van der Waals surface area contributed by atoms with Crippen molar-refractivity contribution < 1.29 is 27.1 Å². The van der Waals surface area contributed by atoms with E-state index in [2.05, 4.69) is 35.3 Å². The molecule has 0 saturated heterocycles. The fourth-order valence-corrected chi connectivity index (χ4v) is 3.24. The van der Waals surface area contributed by atoms with Gasteiger partial charge >= 0.3 is 6.18 Å². The van der Waals surface area contributed by atoms with Gasteiger partial charge in [0.1, 0.15) is 17.2 Å². The standard InChI is InChI=1S/C23H18F4N6O2/c1-35-21-17(23(25,26)27)9-16(12-29-21)32-20(34)8-14-5-4-13(7-18(14)24)15-10-30-22(31-11-15)33-19-3-2-6-28-19/h3-7,9-12H,2,8H2,1H3,(H,32,34)(H,30,31,33). The number of benzene rings is 1. The highest BCUT2D eigenvalue weighted by atomic mass is 19.4. The lowest BCUT2D eigenvalue weighted by Crippen LogP contribution is -2.17.